The van der Waals surface area contributed by atoms with Gasteiger partial charge in [-0.3, -0.25) is 9.69 Å². The number of anilines is 1. The lowest BCUT2D eigenvalue weighted by atomic mass is 9.96. The van der Waals surface area contributed by atoms with Crippen molar-refractivity contribution in [3.63, 3.8) is 0 Å². The zero-order valence-electron chi connectivity index (χ0n) is 16.7. The molecule has 164 valence electrons. The molecule has 0 fully saturated rings. The maximum Gasteiger partial charge on any atom is 0.338 e. The first-order chi connectivity index (χ1) is 15.5. The van der Waals surface area contributed by atoms with Crippen LogP contribution in [0.4, 0.5) is 10.5 Å². The standard InChI is InChI=1S/C22H18ClN3O6/c23-13-3-1-12(2-4-13)20-19-15(11-32-21(19)28)26(22(29)25-20)10-18(27)24-14-5-6-16-17(9-14)31-8-7-30-16/h1-6,9,20H,7-8,10-11H2,(H,24,27)(H,25,29)/t20-/m1/s1. The molecular formula is C22H18ClN3O6. The normalized spacial score (nSPS) is 19.3. The number of halogens is 1. The first-order valence-electron chi connectivity index (χ1n) is 9.93. The number of hydrogen-bond donors (Lipinski definition) is 2. The molecule has 2 N–H and O–H groups in total. The lowest BCUT2D eigenvalue weighted by Crippen LogP contribution is -2.49. The predicted octanol–water partition coefficient (Wildman–Crippen LogP) is 2.63. The van der Waals surface area contributed by atoms with E-state index in [4.69, 9.17) is 25.8 Å². The van der Waals surface area contributed by atoms with E-state index in [1.807, 2.05) is 0 Å². The summed E-state index contributed by atoms with van der Waals surface area (Å²) in [6.07, 6.45) is 0. The summed E-state index contributed by atoms with van der Waals surface area (Å²) in [7, 11) is 0. The van der Waals surface area contributed by atoms with E-state index < -0.39 is 23.9 Å². The number of urea groups is 1. The van der Waals surface area contributed by atoms with Crippen molar-refractivity contribution in [2.75, 3.05) is 31.7 Å². The highest BCUT2D eigenvalue weighted by atomic mass is 35.5. The molecule has 0 saturated carbocycles. The van der Waals surface area contributed by atoms with Gasteiger partial charge in [-0.15, -0.1) is 0 Å². The van der Waals surface area contributed by atoms with Crippen LogP contribution in [-0.4, -0.2) is 49.2 Å². The summed E-state index contributed by atoms with van der Waals surface area (Å²) in [5.41, 5.74) is 1.87. The number of amides is 3. The number of fused-ring (bicyclic) bond motifs is 1. The van der Waals surface area contributed by atoms with Crippen molar-refractivity contribution in [1.82, 2.24) is 10.2 Å². The smallest absolute Gasteiger partial charge is 0.338 e. The van der Waals surface area contributed by atoms with Crippen molar-refractivity contribution in [2.24, 2.45) is 0 Å². The lowest BCUT2D eigenvalue weighted by Gasteiger charge is -2.32. The van der Waals surface area contributed by atoms with E-state index >= 15 is 0 Å². The fourth-order valence-electron chi connectivity index (χ4n) is 3.85. The quantitative estimate of drug-likeness (QED) is 0.686. The SMILES string of the molecule is O=C(CN1C(=O)N[C@H](c2ccc(Cl)cc2)C2=C1COC2=O)Nc1ccc2c(c1)OCCO2. The number of hydrogen-bond acceptors (Lipinski definition) is 6. The molecule has 3 aliphatic heterocycles. The lowest BCUT2D eigenvalue weighted by molar-refractivity contribution is -0.136. The number of nitrogens with zero attached hydrogens (tertiary/aromatic N) is 1. The molecule has 0 radical (unpaired) electrons. The van der Waals surface area contributed by atoms with Crippen LogP contribution in [0, 0.1) is 0 Å². The molecule has 3 heterocycles. The third kappa shape index (κ3) is 3.71. The van der Waals surface area contributed by atoms with Crippen molar-refractivity contribution in [3.8, 4) is 11.5 Å². The predicted molar refractivity (Wildman–Crippen MR) is 113 cm³/mol. The van der Waals surface area contributed by atoms with Crippen molar-refractivity contribution >= 4 is 35.2 Å². The molecule has 0 saturated heterocycles. The van der Waals surface area contributed by atoms with Crippen LogP contribution in [-0.2, 0) is 14.3 Å². The summed E-state index contributed by atoms with van der Waals surface area (Å²) in [5.74, 6) is 0.176. The van der Waals surface area contributed by atoms with Crippen LogP contribution in [0.1, 0.15) is 11.6 Å². The van der Waals surface area contributed by atoms with Crippen LogP contribution in [0.3, 0.4) is 0 Å². The molecule has 3 aliphatic rings. The van der Waals surface area contributed by atoms with Gasteiger partial charge in [0.1, 0.15) is 26.4 Å². The second kappa shape index (κ2) is 8.08. The Kier molecular flexibility index (Phi) is 5.10. The van der Waals surface area contributed by atoms with E-state index in [-0.39, 0.29) is 13.2 Å². The number of rotatable bonds is 4. The fourth-order valence-corrected chi connectivity index (χ4v) is 3.97. The van der Waals surface area contributed by atoms with Crippen LogP contribution in [0.2, 0.25) is 5.02 Å². The summed E-state index contributed by atoms with van der Waals surface area (Å²) in [6, 6.07) is 10.7. The summed E-state index contributed by atoms with van der Waals surface area (Å²) < 4.78 is 16.2. The Hall–Kier alpha value is -3.72. The number of benzene rings is 2. The minimum atomic E-state index is -0.679. The van der Waals surface area contributed by atoms with Gasteiger partial charge in [-0.1, -0.05) is 23.7 Å². The zero-order chi connectivity index (χ0) is 22.2. The fraction of sp³-hybridized carbons (Fsp3) is 0.227. The average Bonchev–Trinajstić information content (AvgIpc) is 3.17. The molecule has 1 atom stereocenters. The van der Waals surface area contributed by atoms with Gasteiger partial charge in [0.2, 0.25) is 5.91 Å². The molecule has 0 spiro atoms. The molecule has 9 nitrogen and oxygen atoms in total. The Morgan fingerprint density at radius 1 is 1.06 bits per heavy atom. The van der Waals surface area contributed by atoms with Crippen LogP contribution < -0.4 is 20.1 Å². The van der Waals surface area contributed by atoms with Crippen molar-refractivity contribution in [3.05, 3.63) is 64.3 Å². The van der Waals surface area contributed by atoms with E-state index in [9.17, 15) is 14.4 Å². The topological polar surface area (TPSA) is 106 Å². The molecule has 10 heteroatoms. The van der Waals surface area contributed by atoms with Crippen LogP contribution in [0.15, 0.2) is 53.7 Å². The number of carbonyl (C=O) groups excluding carboxylic acids is 3. The van der Waals surface area contributed by atoms with Crippen molar-refractivity contribution in [2.45, 2.75) is 6.04 Å². The zero-order valence-corrected chi connectivity index (χ0v) is 17.5. The summed E-state index contributed by atoms with van der Waals surface area (Å²) in [6.45, 7) is 0.530. The second-order valence-electron chi connectivity index (χ2n) is 7.36. The molecule has 0 aliphatic carbocycles. The maximum absolute atomic E-state index is 12.8. The van der Waals surface area contributed by atoms with Gasteiger partial charge in [0.25, 0.3) is 0 Å². The Balaban J connectivity index is 1.36. The molecule has 0 aromatic heterocycles. The first kappa shape index (κ1) is 20.2. The van der Waals surface area contributed by atoms with E-state index in [0.717, 1.165) is 0 Å². The van der Waals surface area contributed by atoms with Crippen LogP contribution in [0.5, 0.6) is 11.5 Å². The minimum absolute atomic E-state index is 0.0804. The summed E-state index contributed by atoms with van der Waals surface area (Å²) >= 11 is 5.95. The van der Waals surface area contributed by atoms with E-state index in [1.54, 1.807) is 42.5 Å². The van der Waals surface area contributed by atoms with Gasteiger partial charge in [0.05, 0.1) is 17.3 Å². The van der Waals surface area contributed by atoms with E-state index in [2.05, 4.69) is 10.6 Å². The van der Waals surface area contributed by atoms with Crippen molar-refractivity contribution < 1.29 is 28.6 Å². The maximum atomic E-state index is 12.8. The molecule has 2 aromatic carbocycles. The highest BCUT2D eigenvalue weighted by Gasteiger charge is 2.42. The third-order valence-corrected chi connectivity index (χ3v) is 5.58. The molecular weight excluding hydrogens is 438 g/mol. The van der Waals surface area contributed by atoms with Gasteiger partial charge in [0, 0.05) is 16.8 Å². The monoisotopic (exact) mass is 455 g/mol. The van der Waals surface area contributed by atoms with Gasteiger partial charge in [-0.25, -0.2) is 9.59 Å². The molecule has 5 rings (SSSR count). The van der Waals surface area contributed by atoms with Gasteiger partial charge in [-0.2, -0.15) is 0 Å². The van der Waals surface area contributed by atoms with Crippen LogP contribution >= 0.6 is 11.6 Å². The number of carbonyl (C=O) groups is 3. The molecule has 2 aromatic rings. The van der Waals surface area contributed by atoms with Gasteiger partial charge in [-0.05, 0) is 29.8 Å². The van der Waals surface area contributed by atoms with Gasteiger partial charge < -0.3 is 24.8 Å². The number of ether oxygens (including phenoxy) is 3. The Labute approximate surface area is 187 Å². The molecule has 0 unspecified atom stereocenters. The highest BCUT2D eigenvalue weighted by molar-refractivity contribution is 6.30. The van der Waals surface area contributed by atoms with E-state index in [0.29, 0.717) is 52.3 Å². The highest BCUT2D eigenvalue weighted by Crippen LogP contribution is 2.36. The Bertz CT molecular complexity index is 1150. The summed E-state index contributed by atoms with van der Waals surface area (Å²) in [5, 5.41) is 6.06. The third-order valence-electron chi connectivity index (χ3n) is 5.33. The number of cyclic esters (lactones) is 1. The second-order valence-corrected chi connectivity index (χ2v) is 7.80. The first-order valence-corrected chi connectivity index (χ1v) is 10.3. The molecule has 3 amide bonds. The average molecular weight is 456 g/mol. The Morgan fingerprint density at radius 3 is 2.59 bits per heavy atom. The summed E-state index contributed by atoms with van der Waals surface area (Å²) in [4.78, 5) is 39.2. The number of nitrogens with one attached hydrogen (secondary N) is 2. The van der Waals surface area contributed by atoms with Crippen LogP contribution in [0.25, 0.3) is 0 Å². The Morgan fingerprint density at radius 2 is 1.81 bits per heavy atom. The minimum Gasteiger partial charge on any atom is -0.486 e. The number of esters is 1. The molecule has 32 heavy (non-hydrogen) atoms. The van der Waals surface area contributed by atoms with Crippen molar-refractivity contribution in [1.29, 1.82) is 0 Å². The molecule has 0 bridgehead atoms. The van der Waals surface area contributed by atoms with E-state index in [1.165, 1.54) is 4.90 Å². The van der Waals surface area contributed by atoms with Gasteiger partial charge >= 0.3 is 12.0 Å². The van der Waals surface area contributed by atoms with Gasteiger partial charge in [0.15, 0.2) is 11.5 Å². The largest absolute Gasteiger partial charge is 0.486 e.